The van der Waals surface area contributed by atoms with E-state index in [4.69, 9.17) is 9.56 Å². The Balaban J connectivity index is 1.78. The van der Waals surface area contributed by atoms with Crippen LogP contribution in [0, 0.1) is 6.92 Å². The summed E-state index contributed by atoms with van der Waals surface area (Å²) < 4.78 is 68.1. The molecule has 7 nitrogen and oxygen atoms in total. The molecule has 152 valence electrons. The molecule has 0 spiro atoms. The van der Waals surface area contributed by atoms with Gasteiger partial charge in [0.1, 0.15) is 5.76 Å². The van der Waals surface area contributed by atoms with Crippen LogP contribution in [0.4, 0.5) is 18.9 Å². The summed E-state index contributed by atoms with van der Waals surface area (Å²) in [4.78, 5) is 14.6. The summed E-state index contributed by atoms with van der Waals surface area (Å²) in [6.45, 7) is 2.88. The molecule has 2 aromatic rings. The van der Waals surface area contributed by atoms with Crippen molar-refractivity contribution in [1.29, 1.82) is 0 Å². The molecule has 1 aliphatic heterocycles. The number of hydrogen-bond donors (Lipinski definition) is 1. The van der Waals surface area contributed by atoms with Crippen molar-refractivity contribution in [3.05, 3.63) is 47.4 Å². The molecule has 1 saturated heterocycles. The molecule has 0 bridgehead atoms. The number of piperazine rings is 1. The number of hydrogen-bond acceptors (Lipinski definition) is 5. The number of aryl methyl sites for hydroxylation is 1. The number of nitrogens with zero attached hydrogens (tertiary/aromatic N) is 2. The molecular weight excluding hydrogens is 399 g/mol. The summed E-state index contributed by atoms with van der Waals surface area (Å²) in [5.74, 6) is 0.535. The van der Waals surface area contributed by atoms with E-state index >= 15 is 0 Å². The average Bonchev–Trinajstić information content (AvgIpc) is 3.05. The molecule has 11 heteroatoms. The van der Waals surface area contributed by atoms with E-state index in [9.17, 15) is 26.4 Å². The van der Waals surface area contributed by atoms with Crippen LogP contribution in [-0.4, -0.2) is 45.4 Å². The topological polar surface area (TPSA) is 96.9 Å². The van der Waals surface area contributed by atoms with Gasteiger partial charge in [0.2, 0.25) is 10.0 Å². The summed E-state index contributed by atoms with van der Waals surface area (Å²) >= 11 is 0. The van der Waals surface area contributed by atoms with Crippen LogP contribution >= 0.6 is 0 Å². The van der Waals surface area contributed by atoms with Crippen LogP contribution in [0.15, 0.2) is 39.6 Å². The van der Waals surface area contributed by atoms with Crippen LogP contribution < -0.4 is 10.0 Å². The first-order valence-electron chi connectivity index (χ1n) is 8.31. The Morgan fingerprint density at radius 3 is 2.25 bits per heavy atom. The van der Waals surface area contributed by atoms with Gasteiger partial charge >= 0.3 is 6.18 Å². The molecule has 1 aromatic carbocycles. The summed E-state index contributed by atoms with van der Waals surface area (Å²) in [5, 5.41) is 4.90. The number of carbonyl (C=O) groups is 1. The average molecular weight is 417 g/mol. The zero-order valence-electron chi connectivity index (χ0n) is 14.9. The number of primary sulfonamides is 1. The predicted octanol–water partition coefficient (Wildman–Crippen LogP) is 2.22. The lowest BCUT2D eigenvalue weighted by Gasteiger charge is -2.36. The van der Waals surface area contributed by atoms with Gasteiger partial charge in [-0.1, -0.05) is 0 Å². The Kier molecular flexibility index (Phi) is 5.15. The van der Waals surface area contributed by atoms with Gasteiger partial charge in [0.15, 0.2) is 5.76 Å². The molecule has 0 saturated carbocycles. The first-order valence-corrected chi connectivity index (χ1v) is 9.86. The Labute approximate surface area is 159 Å². The van der Waals surface area contributed by atoms with Gasteiger partial charge in [0.05, 0.1) is 10.5 Å². The van der Waals surface area contributed by atoms with Gasteiger partial charge in [-0.05, 0) is 37.3 Å². The first-order chi connectivity index (χ1) is 13.0. The van der Waals surface area contributed by atoms with Crippen molar-refractivity contribution < 1.29 is 30.8 Å². The molecule has 2 heterocycles. The lowest BCUT2D eigenvalue weighted by molar-refractivity contribution is -0.139. The van der Waals surface area contributed by atoms with E-state index in [2.05, 4.69) is 0 Å². The van der Waals surface area contributed by atoms with E-state index in [0.717, 1.165) is 12.1 Å². The maximum atomic E-state index is 13.3. The fourth-order valence-corrected chi connectivity index (χ4v) is 3.80. The van der Waals surface area contributed by atoms with Gasteiger partial charge in [0.25, 0.3) is 5.91 Å². The highest BCUT2D eigenvalue weighted by Gasteiger charge is 2.37. The first kappa shape index (κ1) is 20.2. The quantitative estimate of drug-likeness (QED) is 0.826. The summed E-state index contributed by atoms with van der Waals surface area (Å²) in [6.07, 6.45) is -4.87. The largest absolute Gasteiger partial charge is 0.456 e. The lowest BCUT2D eigenvalue weighted by Crippen LogP contribution is -2.48. The van der Waals surface area contributed by atoms with Gasteiger partial charge in [-0.3, -0.25) is 4.79 Å². The van der Waals surface area contributed by atoms with E-state index in [1.165, 1.54) is 6.07 Å². The molecule has 1 amide bonds. The SMILES string of the molecule is Cc1ccc(C(=O)N2CCN(c3ccc(S(N)(=O)=O)c(C(F)(F)F)c3)CC2)o1. The summed E-state index contributed by atoms with van der Waals surface area (Å²) in [7, 11) is -4.51. The number of sulfonamides is 1. The van der Waals surface area contributed by atoms with Gasteiger partial charge < -0.3 is 14.2 Å². The molecule has 1 aromatic heterocycles. The number of amides is 1. The second-order valence-electron chi connectivity index (χ2n) is 6.41. The monoisotopic (exact) mass is 417 g/mol. The third-order valence-electron chi connectivity index (χ3n) is 4.46. The second kappa shape index (κ2) is 7.13. The molecule has 0 unspecified atom stereocenters. The van der Waals surface area contributed by atoms with Crippen LogP contribution in [0.25, 0.3) is 0 Å². The van der Waals surface area contributed by atoms with E-state index in [-0.39, 0.29) is 43.5 Å². The third-order valence-corrected chi connectivity index (χ3v) is 5.43. The molecule has 0 aliphatic carbocycles. The molecule has 1 fully saturated rings. The number of halogens is 3. The molecule has 28 heavy (non-hydrogen) atoms. The maximum Gasteiger partial charge on any atom is 0.417 e. The smallest absolute Gasteiger partial charge is 0.417 e. The summed E-state index contributed by atoms with van der Waals surface area (Å²) in [5.41, 5.74) is -1.10. The van der Waals surface area contributed by atoms with Crippen LogP contribution in [0.3, 0.4) is 0 Å². The van der Waals surface area contributed by atoms with Crippen molar-refractivity contribution in [2.45, 2.75) is 18.0 Å². The Morgan fingerprint density at radius 1 is 1.11 bits per heavy atom. The van der Waals surface area contributed by atoms with Gasteiger partial charge in [0, 0.05) is 31.9 Å². The van der Waals surface area contributed by atoms with Crippen LogP contribution in [0.2, 0.25) is 0 Å². The van der Waals surface area contributed by atoms with Crippen molar-refractivity contribution in [2.75, 3.05) is 31.1 Å². The fourth-order valence-electron chi connectivity index (χ4n) is 3.06. The molecule has 3 rings (SSSR count). The van der Waals surface area contributed by atoms with Crippen molar-refractivity contribution in [3.8, 4) is 0 Å². The highest BCUT2D eigenvalue weighted by Crippen LogP contribution is 2.36. The number of nitrogens with two attached hydrogens (primary N) is 1. The Bertz CT molecular complexity index is 993. The van der Waals surface area contributed by atoms with Gasteiger partial charge in [-0.2, -0.15) is 13.2 Å². The van der Waals surface area contributed by atoms with Crippen LogP contribution in [0.1, 0.15) is 21.9 Å². The minimum atomic E-state index is -4.87. The normalized spacial score (nSPS) is 15.8. The minimum absolute atomic E-state index is 0.209. The fraction of sp³-hybridized carbons (Fsp3) is 0.353. The lowest BCUT2D eigenvalue weighted by atomic mass is 10.1. The molecule has 0 radical (unpaired) electrons. The third kappa shape index (κ3) is 4.14. The second-order valence-corrected chi connectivity index (χ2v) is 7.94. The van der Waals surface area contributed by atoms with Crippen molar-refractivity contribution >= 4 is 21.6 Å². The van der Waals surface area contributed by atoms with Crippen LogP contribution in [0.5, 0.6) is 0 Å². The van der Waals surface area contributed by atoms with E-state index in [1.807, 2.05) is 0 Å². The Morgan fingerprint density at radius 2 is 1.75 bits per heavy atom. The summed E-state index contributed by atoms with van der Waals surface area (Å²) in [6, 6.07) is 6.16. The minimum Gasteiger partial charge on any atom is -0.456 e. The maximum absolute atomic E-state index is 13.3. The number of carbonyl (C=O) groups excluding carboxylic acids is 1. The van der Waals surface area contributed by atoms with E-state index in [1.54, 1.807) is 28.9 Å². The standard InChI is InChI=1S/C17H18F3N3O4S/c1-11-2-4-14(27-11)16(24)23-8-6-22(7-9-23)12-3-5-15(28(21,25)26)13(10-12)17(18,19)20/h2-5,10H,6-9H2,1H3,(H2,21,25,26). The highest BCUT2D eigenvalue weighted by molar-refractivity contribution is 7.89. The number of benzene rings is 1. The van der Waals surface area contributed by atoms with Gasteiger partial charge in [-0.15, -0.1) is 0 Å². The number of alkyl halides is 3. The van der Waals surface area contributed by atoms with E-state index < -0.39 is 26.7 Å². The van der Waals surface area contributed by atoms with Crippen molar-refractivity contribution in [2.24, 2.45) is 5.14 Å². The molecule has 1 aliphatic rings. The van der Waals surface area contributed by atoms with Crippen molar-refractivity contribution in [1.82, 2.24) is 4.90 Å². The zero-order chi connectivity index (χ0) is 20.7. The predicted molar refractivity (Wildman–Crippen MR) is 94.4 cm³/mol. The molecular formula is C17H18F3N3O4S. The zero-order valence-corrected chi connectivity index (χ0v) is 15.7. The Hall–Kier alpha value is -2.53. The number of anilines is 1. The highest BCUT2D eigenvalue weighted by atomic mass is 32.2. The van der Waals surface area contributed by atoms with Crippen molar-refractivity contribution in [3.63, 3.8) is 0 Å². The number of furan rings is 1. The van der Waals surface area contributed by atoms with Gasteiger partial charge in [-0.25, -0.2) is 13.6 Å². The van der Waals surface area contributed by atoms with E-state index in [0.29, 0.717) is 5.76 Å². The van der Waals surface area contributed by atoms with Crippen LogP contribution in [-0.2, 0) is 16.2 Å². The molecule has 2 N–H and O–H groups in total. The molecule has 0 atom stereocenters. The number of rotatable bonds is 3.